The average Bonchev–Trinajstić information content (AvgIpc) is 3.12. The second-order valence-corrected chi connectivity index (χ2v) is 6.60. The number of halogens is 5. The van der Waals surface area contributed by atoms with E-state index >= 15 is 0 Å². The average molecular weight is 463 g/mol. The van der Waals surface area contributed by atoms with Gasteiger partial charge in [0.05, 0.1) is 11.2 Å². The summed E-state index contributed by atoms with van der Waals surface area (Å²) in [5, 5.41) is 3.01. The van der Waals surface area contributed by atoms with Gasteiger partial charge in [-0.25, -0.2) is 19.3 Å². The number of rotatable bonds is 3. The van der Waals surface area contributed by atoms with Gasteiger partial charge in [0.25, 0.3) is 0 Å². The van der Waals surface area contributed by atoms with Crippen LogP contribution in [-0.2, 0) is 4.79 Å². The van der Waals surface area contributed by atoms with Crippen LogP contribution < -0.4 is 11.1 Å². The van der Waals surface area contributed by atoms with E-state index in [-0.39, 0.29) is 5.82 Å². The van der Waals surface area contributed by atoms with E-state index in [9.17, 15) is 22.4 Å². The molecule has 0 radical (unpaired) electrons. The van der Waals surface area contributed by atoms with Crippen LogP contribution >= 0.6 is 11.6 Å². The number of nitrogens with one attached hydrogen (secondary N) is 2. The normalized spacial score (nSPS) is 10.8. The molecule has 0 fully saturated rings. The largest absolute Gasteiger partial charge is 0.405 e. The van der Waals surface area contributed by atoms with Gasteiger partial charge < -0.3 is 16.0 Å². The Kier molecular flexibility index (Phi) is 9.63. The van der Waals surface area contributed by atoms with E-state index in [4.69, 9.17) is 17.3 Å². The minimum absolute atomic E-state index is 0.190. The third kappa shape index (κ3) is 8.00. The second kappa shape index (κ2) is 11.4. The van der Waals surface area contributed by atoms with Gasteiger partial charge in [0.1, 0.15) is 12.2 Å². The highest BCUT2D eigenvalue weighted by atomic mass is 35.5. The number of nitrogen functional groups attached to an aromatic ring is 1. The van der Waals surface area contributed by atoms with Crippen molar-refractivity contribution in [1.82, 2.24) is 25.3 Å². The number of amides is 1. The van der Waals surface area contributed by atoms with Gasteiger partial charge in [0.2, 0.25) is 5.91 Å². The summed E-state index contributed by atoms with van der Waals surface area (Å²) in [5.41, 5.74) is 6.75. The molecule has 170 valence electrons. The predicted octanol–water partition coefficient (Wildman–Crippen LogP) is 4.74. The molecule has 3 aromatic rings. The second-order valence-electron chi connectivity index (χ2n) is 6.17. The fourth-order valence-corrected chi connectivity index (χ4v) is 2.22. The number of fused-ring (bicyclic) bond motifs is 1. The Morgan fingerprint density at radius 1 is 1.26 bits per heavy atom. The van der Waals surface area contributed by atoms with Crippen molar-refractivity contribution in [3.05, 3.63) is 35.5 Å². The van der Waals surface area contributed by atoms with Crippen molar-refractivity contribution in [2.24, 2.45) is 5.92 Å². The molecule has 0 aromatic carbocycles. The van der Waals surface area contributed by atoms with Crippen LogP contribution in [0.2, 0.25) is 5.02 Å². The zero-order valence-corrected chi connectivity index (χ0v) is 18.1. The molecule has 0 aliphatic rings. The Balaban J connectivity index is 0.000000321. The summed E-state index contributed by atoms with van der Waals surface area (Å²) in [6.45, 7) is 5.82. The maximum atomic E-state index is 13.0. The molecule has 0 atom stereocenters. The minimum atomic E-state index is -4.31. The Morgan fingerprint density at radius 2 is 1.90 bits per heavy atom. The number of aromatic nitrogens is 4. The van der Waals surface area contributed by atoms with Crippen molar-refractivity contribution >= 4 is 34.4 Å². The number of aromatic amines is 1. The molecular weight excluding hydrogens is 440 g/mol. The van der Waals surface area contributed by atoms with Crippen molar-refractivity contribution in [1.29, 1.82) is 0 Å². The summed E-state index contributed by atoms with van der Waals surface area (Å²) in [4.78, 5) is 25.5. The number of H-pyrrole nitrogens is 1. The minimum Gasteiger partial charge on any atom is -0.381 e. The standard InChI is InChI=1S/C11H7ClFN5.C6H10F3NO.C2H6/c12-5-1-6-7(3-16-10(6)15-2-5)11-17-4-8(13)9(14)18-11;1-4(2)5(11)10-3-6(7,8)9;1-2/h1-4H,(H,15,16)(H2,14,17,18);4H,3H2,1-2H3,(H,10,11);1-2H3. The van der Waals surface area contributed by atoms with Crippen LogP contribution in [0, 0.1) is 11.7 Å². The maximum absolute atomic E-state index is 13.0. The number of anilines is 1. The van der Waals surface area contributed by atoms with Crippen LogP contribution in [0.25, 0.3) is 22.4 Å². The number of nitrogens with zero attached hydrogens (tertiary/aromatic N) is 3. The maximum Gasteiger partial charge on any atom is 0.405 e. The number of carbonyl (C=O) groups is 1. The van der Waals surface area contributed by atoms with Crippen molar-refractivity contribution in [2.75, 3.05) is 12.3 Å². The molecule has 0 saturated carbocycles. The molecule has 3 aromatic heterocycles. The van der Waals surface area contributed by atoms with Crippen LogP contribution in [0.3, 0.4) is 0 Å². The molecule has 4 N–H and O–H groups in total. The summed E-state index contributed by atoms with van der Waals surface area (Å²) < 4.78 is 47.4. The van der Waals surface area contributed by atoms with E-state index in [0.29, 0.717) is 22.1 Å². The quantitative estimate of drug-likeness (QED) is 0.487. The molecule has 0 aliphatic heterocycles. The number of nitrogens with two attached hydrogens (primary N) is 1. The highest BCUT2D eigenvalue weighted by Gasteiger charge is 2.27. The van der Waals surface area contributed by atoms with Gasteiger partial charge in [0, 0.05) is 29.3 Å². The number of hydrogen-bond acceptors (Lipinski definition) is 5. The lowest BCUT2D eigenvalue weighted by molar-refractivity contribution is -0.140. The molecule has 3 heterocycles. The first kappa shape index (κ1) is 26.1. The molecule has 0 bridgehead atoms. The Bertz CT molecular complexity index is 1010. The summed E-state index contributed by atoms with van der Waals surface area (Å²) in [6.07, 6.45) is -0.0657. The van der Waals surface area contributed by atoms with E-state index < -0.39 is 30.4 Å². The lowest BCUT2D eigenvalue weighted by Gasteiger charge is -2.09. The van der Waals surface area contributed by atoms with Crippen molar-refractivity contribution in [2.45, 2.75) is 33.9 Å². The van der Waals surface area contributed by atoms with Crippen LogP contribution in [0.4, 0.5) is 23.4 Å². The first-order valence-corrected chi connectivity index (χ1v) is 9.61. The summed E-state index contributed by atoms with van der Waals surface area (Å²) in [5.74, 6) is -1.50. The van der Waals surface area contributed by atoms with E-state index in [0.717, 1.165) is 11.6 Å². The van der Waals surface area contributed by atoms with Crippen molar-refractivity contribution in [3.63, 3.8) is 0 Å². The number of hydrogen-bond donors (Lipinski definition) is 3. The molecule has 7 nitrogen and oxygen atoms in total. The molecule has 0 aliphatic carbocycles. The summed E-state index contributed by atoms with van der Waals surface area (Å²) >= 11 is 5.89. The predicted molar refractivity (Wildman–Crippen MR) is 112 cm³/mol. The van der Waals surface area contributed by atoms with Gasteiger partial charge >= 0.3 is 6.18 Å². The third-order valence-corrected chi connectivity index (χ3v) is 3.70. The van der Waals surface area contributed by atoms with E-state index in [1.165, 1.54) is 20.0 Å². The Morgan fingerprint density at radius 3 is 2.45 bits per heavy atom. The first-order chi connectivity index (χ1) is 14.5. The number of carbonyl (C=O) groups excluding carboxylic acids is 1. The van der Waals surface area contributed by atoms with Gasteiger partial charge in [-0.2, -0.15) is 13.2 Å². The molecule has 0 saturated heterocycles. The monoisotopic (exact) mass is 462 g/mol. The fourth-order valence-electron chi connectivity index (χ4n) is 2.06. The Hall–Kier alpha value is -2.95. The molecular formula is C19H23ClF4N6O. The molecule has 3 rings (SSSR count). The molecule has 1 amide bonds. The van der Waals surface area contributed by atoms with Crippen LogP contribution in [0.1, 0.15) is 27.7 Å². The van der Waals surface area contributed by atoms with Crippen molar-refractivity contribution < 1.29 is 22.4 Å². The molecule has 31 heavy (non-hydrogen) atoms. The highest BCUT2D eigenvalue weighted by molar-refractivity contribution is 6.31. The zero-order chi connectivity index (χ0) is 23.8. The lowest BCUT2D eigenvalue weighted by Crippen LogP contribution is -2.36. The zero-order valence-electron chi connectivity index (χ0n) is 17.3. The van der Waals surface area contributed by atoms with Crippen LogP contribution in [0.5, 0.6) is 0 Å². The summed E-state index contributed by atoms with van der Waals surface area (Å²) in [6, 6.07) is 1.73. The van der Waals surface area contributed by atoms with Gasteiger partial charge in [0.15, 0.2) is 17.5 Å². The highest BCUT2D eigenvalue weighted by Crippen LogP contribution is 2.27. The topological polar surface area (TPSA) is 110 Å². The van der Waals surface area contributed by atoms with Crippen LogP contribution in [-0.4, -0.2) is 38.6 Å². The number of pyridine rings is 1. The molecule has 12 heteroatoms. The van der Waals surface area contributed by atoms with Gasteiger partial charge in [-0.3, -0.25) is 4.79 Å². The SMILES string of the molecule is CC.CC(C)C(=O)NCC(F)(F)F.Nc1nc(-c2c[nH]c3ncc(Cl)cc23)ncc1F. The smallest absolute Gasteiger partial charge is 0.381 e. The van der Waals surface area contributed by atoms with E-state index in [1.807, 2.05) is 13.8 Å². The Labute approximate surface area is 181 Å². The number of alkyl halides is 3. The third-order valence-electron chi connectivity index (χ3n) is 3.50. The molecule has 0 unspecified atom stereocenters. The molecule has 0 spiro atoms. The van der Waals surface area contributed by atoms with Crippen LogP contribution in [0.15, 0.2) is 24.7 Å². The lowest BCUT2D eigenvalue weighted by atomic mass is 10.2. The van der Waals surface area contributed by atoms with E-state index in [2.05, 4.69) is 19.9 Å². The van der Waals surface area contributed by atoms with Gasteiger partial charge in [-0.15, -0.1) is 0 Å². The first-order valence-electron chi connectivity index (χ1n) is 9.23. The van der Waals surface area contributed by atoms with Crippen molar-refractivity contribution in [3.8, 4) is 11.4 Å². The fraction of sp³-hybridized carbons (Fsp3) is 0.368. The van der Waals surface area contributed by atoms with Gasteiger partial charge in [-0.1, -0.05) is 39.3 Å². The van der Waals surface area contributed by atoms with E-state index in [1.54, 1.807) is 17.6 Å². The summed E-state index contributed by atoms with van der Waals surface area (Å²) in [7, 11) is 0. The van der Waals surface area contributed by atoms with Gasteiger partial charge in [-0.05, 0) is 6.07 Å².